The Hall–Kier alpha value is -2.42. The van der Waals surface area contributed by atoms with Gasteiger partial charge in [-0.15, -0.1) is 0 Å². The van der Waals surface area contributed by atoms with E-state index in [1.807, 2.05) is 24.3 Å². The van der Waals surface area contributed by atoms with E-state index in [1.54, 1.807) is 0 Å². The number of aryl methyl sites for hydroxylation is 1. The molecule has 26 heavy (non-hydrogen) atoms. The first kappa shape index (κ1) is 17.0. The third kappa shape index (κ3) is 2.66. The maximum absolute atomic E-state index is 12.9. The van der Waals surface area contributed by atoms with Crippen molar-refractivity contribution in [2.45, 2.75) is 30.8 Å². The van der Waals surface area contributed by atoms with Crippen LogP contribution in [0.3, 0.4) is 0 Å². The van der Waals surface area contributed by atoms with Gasteiger partial charge in [0.1, 0.15) is 12.1 Å². The fourth-order valence-electron chi connectivity index (χ4n) is 4.06. The van der Waals surface area contributed by atoms with E-state index in [1.165, 1.54) is 0 Å². The number of imide groups is 1. The highest BCUT2D eigenvalue weighted by molar-refractivity contribution is 7.91. The number of carbonyl (C=O) groups excluding carboxylic acids is 3. The number of benzene rings is 1. The van der Waals surface area contributed by atoms with Crippen molar-refractivity contribution in [1.29, 1.82) is 0 Å². The van der Waals surface area contributed by atoms with Gasteiger partial charge >= 0.3 is 6.03 Å². The minimum absolute atomic E-state index is 0.0426. The lowest BCUT2D eigenvalue weighted by Crippen LogP contribution is -2.46. The summed E-state index contributed by atoms with van der Waals surface area (Å²) < 4.78 is 23.0. The maximum Gasteiger partial charge on any atom is 0.325 e. The van der Waals surface area contributed by atoms with Crippen molar-refractivity contribution in [3.05, 3.63) is 35.4 Å². The quantitative estimate of drug-likeness (QED) is 0.701. The lowest BCUT2D eigenvalue weighted by molar-refractivity contribution is -0.135. The molecule has 2 aliphatic heterocycles. The number of fused-ring (bicyclic) bond motifs is 2. The molecule has 3 aliphatic rings. The van der Waals surface area contributed by atoms with Crippen LogP contribution in [-0.4, -0.2) is 55.3 Å². The normalized spacial score (nSPS) is 29.1. The molecule has 0 aromatic heterocycles. The molecule has 4 rings (SSSR count). The van der Waals surface area contributed by atoms with Gasteiger partial charge in [-0.1, -0.05) is 24.3 Å². The number of carbonyl (C=O) groups is 3. The SMILES string of the molecule is O=C(CN1C(=O)N[C@]2(CCc3ccccc32)C1=O)N[C@H]1CCS(=O)(=O)C1. The second-order valence-corrected chi connectivity index (χ2v) is 9.28. The maximum atomic E-state index is 12.9. The van der Waals surface area contributed by atoms with Crippen LogP contribution in [0.2, 0.25) is 0 Å². The summed E-state index contributed by atoms with van der Waals surface area (Å²) >= 11 is 0. The van der Waals surface area contributed by atoms with Gasteiger partial charge in [0.05, 0.1) is 11.5 Å². The highest BCUT2D eigenvalue weighted by Gasteiger charge is 2.55. The monoisotopic (exact) mass is 377 g/mol. The average Bonchev–Trinajstić information content (AvgIpc) is 3.19. The zero-order chi connectivity index (χ0) is 18.5. The topological polar surface area (TPSA) is 113 Å². The van der Waals surface area contributed by atoms with E-state index in [2.05, 4.69) is 10.6 Å². The molecule has 0 unspecified atom stereocenters. The number of rotatable bonds is 3. The average molecular weight is 377 g/mol. The number of nitrogens with zero attached hydrogens (tertiary/aromatic N) is 1. The van der Waals surface area contributed by atoms with Gasteiger partial charge in [-0.3, -0.25) is 14.5 Å². The third-order valence-corrected chi connectivity index (χ3v) is 7.09. The van der Waals surface area contributed by atoms with Gasteiger partial charge in [0, 0.05) is 6.04 Å². The zero-order valence-electron chi connectivity index (χ0n) is 14.0. The van der Waals surface area contributed by atoms with E-state index in [0.29, 0.717) is 19.3 Å². The lowest BCUT2D eigenvalue weighted by atomic mass is 9.92. The Morgan fingerprint density at radius 2 is 2.08 bits per heavy atom. The summed E-state index contributed by atoms with van der Waals surface area (Å²) in [6.45, 7) is -0.412. The predicted octanol–water partition coefficient (Wildman–Crippen LogP) is -0.317. The molecule has 2 saturated heterocycles. The summed E-state index contributed by atoms with van der Waals surface area (Å²) in [7, 11) is -3.12. The summed E-state index contributed by atoms with van der Waals surface area (Å²) in [5.41, 5.74) is 0.705. The van der Waals surface area contributed by atoms with Crippen LogP contribution in [0.4, 0.5) is 4.79 Å². The van der Waals surface area contributed by atoms with E-state index in [4.69, 9.17) is 0 Å². The summed E-state index contributed by atoms with van der Waals surface area (Å²) in [4.78, 5) is 38.4. The van der Waals surface area contributed by atoms with Crippen molar-refractivity contribution in [1.82, 2.24) is 15.5 Å². The molecule has 1 aromatic rings. The number of hydrogen-bond acceptors (Lipinski definition) is 5. The van der Waals surface area contributed by atoms with Crippen LogP contribution in [0.5, 0.6) is 0 Å². The summed E-state index contributed by atoms with van der Waals surface area (Å²) in [6, 6.07) is 6.41. The van der Waals surface area contributed by atoms with Gasteiger partial charge in [0.25, 0.3) is 5.91 Å². The van der Waals surface area contributed by atoms with Crippen molar-refractivity contribution in [2.75, 3.05) is 18.1 Å². The molecule has 2 heterocycles. The molecule has 1 aliphatic carbocycles. The second kappa shape index (κ2) is 5.80. The summed E-state index contributed by atoms with van der Waals surface area (Å²) in [6.07, 6.45) is 1.50. The first-order chi connectivity index (χ1) is 12.3. The minimum atomic E-state index is -3.12. The van der Waals surface area contributed by atoms with Gasteiger partial charge in [-0.05, 0) is 30.4 Å². The first-order valence-electron chi connectivity index (χ1n) is 8.53. The standard InChI is InChI=1S/C17H19N3O5S/c21-14(18-12-6-8-26(24,25)10-12)9-20-15(22)17(19-16(20)23)7-5-11-3-1-2-4-13(11)17/h1-4,12H,5-10H2,(H,18,21)(H,19,23)/t12-,17-/m0/s1. The van der Waals surface area contributed by atoms with Crippen molar-refractivity contribution < 1.29 is 22.8 Å². The molecule has 1 aromatic carbocycles. The Kier molecular flexibility index (Phi) is 3.80. The van der Waals surface area contributed by atoms with Crippen molar-refractivity contribution in [3.63, 3.8) is 0 Å². The Bertz CT molecular complexity index is 913. The van der Waals surface area contributed by atoms with E-state index >= 15 is 0 Å². The van der Waals surface area contributed by atoms with Crippen LogP contribution in [0.25, 0.3) is 0 Å². The number of urea groups is 1. The molecule has 0 bridgehead atoms. The van der Waals surface area contributed by atoms with Crippen molar-refractivity contribution in [2.24, 2.45) is 0 Å². The van der Waals surface area contributed by atoms with E-state index < -0.39 is 45.8 Å². The van der Waals surface area contributed by atoms with Gasteiger partial charge in [-0.2, -0.15) is 0 Å². The predicted molar refractivity (Wildman–Crippen MR) is 91.9 cm³/mol. The highest BCUT2D eigenvalue weighted by Crippen LogP contribution is 2.41. The molecule has 2 N–H and O–H groups in total. The molecule has 9 heteroatoms. The largest absolute Gasteiger partial charge is 0.351 e. The van der Waals surface area contributed by atoms with Crippen LogP contribution in [-0.2, 0) is 31.4 Å². The first-order valence-corrected chi connectivity index (χ1v) is 10.4. The molecular formula is C17H19N3O5S. The fourth-order valence-corrected chi connectivity index (χ4v) is 5.73. The third-order valence-electron chi connectivity index (χ3n) is 5.32. The molecule has 0 radical (unpaired) electrons. The molecule has 138 valence electrons. The molecule has 2 fully saturated rings. The summed E-state index contributed by atoms with van der Waals surface area (Å²) in [5.74, 6) is -1.02. The lowest BCUT2D eigenvalue weighted by Gasteiger charge is -2.22. The Labute approximate surface area is 150 Å². The van der Waals surface area contributed by atoms with E-state index in [-0.39, 0.29) is 11.5 Å². The summed E-state index contributed by atoms with van der Waals surface area (Å²) in [5, 5.41) is 5.37. The molecule has 2 atom stereocenters. The smallest absolute Gasteiger partial charge is 0.325 e. The van der Waals surface area contributed by atoms with Crippen LogP contribution < -0.4 is 10.6 Å². The van der Waals surface area contributed by atoms with Crippen LogP contribution >= 0.6 is 0 Å². The molecular weight excluding hydrogens is 358 g/mol. The van der Waals surface area contributed by atoms with Gasteiger partial charge < -0.3 is 10.6 Å². The Balaban J connectivity index is 1.48. The van der Waals surface area contributed by atoms with Crippen molar-refractivity contribution >= 4 is 27.7 Å². The fraction of sp³-hybridized carbons (Fsp3) is 0.471. The minimum Gasteiger partial charge on any atom is -0.351 e. The Morgan fingerprint density at radius 3 is 2.81 bits per heavy atom. The number of hydrogen-bond donors (Lipinski definition) is 2. The number of sulfone groups is 1. The second-order valence-electron chi connectivity index (χ2n) is 7.05. The van der Waals surface area contributed by atoms with Gasteiger partial charge in [0.15, 0.2) is 9.84 Å². The number of amides is 4. The molecule has 1 spiro atoms. The zero-order valence-corrected chi connectivity index (χ0v) is 14.8. The van der Waals surface area contributed by atoms with Crippen LogP contribution in [0, 0.1) is 0 Å². The van der Waals surface area contributed by atoms with Gasteiger partial charge in [0.2, 0.25) is 5.91 Å². The van der Waals surface area contributed by atoms with E-state index in [9.17, 15) is 22.8 Å². The van der Waals surface area contributed by atoms with Gasteiger partial charge in [-0.25, -0.2) is 13.2 Å². The van der Waals surface area contributed by atoms with Crippen LogP contribution in [0.15, 0.2) is 24.3 Å². The van der Waals surface area contributed by atoms with Crippen LogP contribution in [0.1, 0.15) is 24.0 Å². The molecule has 4 amide bonds. The Morgan fingerprint density at radius 1 is 1.31 bits per heavy atom. The highest BCUT2D eigenvalue weighted by atomic mass is 32.2. The molecule has 0 saturated carbocycles. The van der Waals surface area contributed by atoms with Crippen molar-refractivity contribution in [3.8, 4) is 0 Å². The number of nitrogens with one attached hydrogen (secondary N) is 2. The van der Waals surface area contributed by atoms with E-state index in [0.717, 1.165) is 16.0 Å². The molecule has 8 nitrogen and oxygen atoms in total.